The third-order valence-corrected chi connectivity index (χ3v) is 3.24. The van der Waals surface area contributed by atoms with Crippen LogP contribution in [0.15, 0.2) is 60.9 Å². The van der Waals surface area contributed by atoms with E-state index < -0.39 is 0 Å². The second-order valence-electron chi connectivity index (χ2n) is 4.35. The van der Waals surface area contributed by atoms with Crippen LogP contribution in [0.1, 0.15) is 5.56 Å². The van der Waals surface area contributed by atoms with Crippen molar-refractivity contribution in [2.24, 2.45) is 0 Å². The Morgan fingerprint density at radius 1 is 0.944 bits per heavy atom. The highest BCUT2D eigenvalue weighted by molar-refractivity contribution is 5.76. The van der Waals surface area contributed by atoms with Crippen molar-refractivity contribution in [1.82, 2.24) is 4.40 Å². The highest BCUT2D eigenvalue weighted by Gasteiger charge is 2.10. The number of rotatable bonds is 3. The third-order valence-electron chi connectivity index (χ3n) is 3.24. The van der Waals surface area contributed by atoms with Crippen molar-refractivity contribution in [2.75, 3.05) is 6.61 Å². The fraction of sp³-hybridized carbons (Fsp3) is 0.125. The van der Waals surface area contributed by atoms with E-state index in [-0.39, 0.29) is 6.61 Å². The number of hydrogen-bond acceptors (Lipinski definition) is 1. The van der Waals surface area contributed by atoms with E-state index in [2.05, 4.69) is 28.8 Å². The van der Waals surface area contributed by atoms with E-state index in [0.29, 0.717) is 6.42 Å². The largest absolute Gasteiger partial charge is 0.396 e. The molecule has 0 atom stereocenters. The molecule has 0 spiro atoms. The average Bonchev–Trinajstić information content (AvgIpc) is 2.80. The van der Waals surface area contributed by atoms with Gasteiger partial charge < -0.3 is 9.51 Å². The molecule has 0 bridgehead atoms. The lowest BCUT2D eigenvalue weighted by Gasteiger charge is -2.03. The molecule has 0 amide bonds. The molecule has 2 heteroatoms. The molecular weight excluding hydrogens is 222 g/mol. The fourth-order valence-electron chi connectivity index (χ4n) is 2.42. The monoisotopic (exact) mass is 237 g/mol. The molecule has 2 heterocycles. The molecular formula is C16H15NO. The number of pyridine rings is 1. The molecule has 2 aromatic heterocycles. The van der Waals surface area contributed by atoms with Crippen molar-refractivity contribution in [2.45, 2.75) is 6.42 Å². The van der Waals surface area contributed by atoms with Crippen LogP contribution in [-0.2, 0) is 6.42 Å². The van der Waals surface area contributed by atoms with Crippen LogP contribution in [0.5, 0.6) is 0 Å². The summed E-state index contributed by atoms with van der Waals surface area (Å²) in [6.07, 6.45) is 4.86. The van der Waals surface area contributed by atoms with E-state index in [1.54, 1.807) is 0 Å². The van der Waals surface area contributed by atoms with Gasteiger partial charge in [-0.25, -0.2) is 0 Å². The van der Waals surface area contributed by atoms with Crippen LogP contribution in [0.25, 0.3) is 16.6 Å². The summed E-state index contributed by atoms with van der Waals surface area (Å²) in [4.78, 5) is 0. The van der Waals surface area contributed by atoms with Gasteiger partial charge in [-0.1, -0.05) is 36.4 Å². The Morgan fingerprint density at radius 3 is 2.50 bits per heavy atom. The van der Waals surface area contributed by atoms with Crippen molar-refractivity contribution < 1.29 is 5.11 Å². The zero-order chi connectivity index (χ0) is 12.4. The molecule has 3 rings (SSSR count). The first kappa shape index (κ1) is 11.1. The van der Waals surface area contributed by atoms with Crippen molar-refractivity contribution in [3.05, 3.63) is 66.5 Å². The van der Waals surface area contributed by atoms with Crippen LogP contribution in [0, 0.1) is 0 Å². The Morgan fingerprint density at radius 2 is 1.72 bits per heavy atom. The number of hydrogen-bond donors (Lipinski definition) is 1. The number of nitrogens with zero attached hydrogens (tertiary/aromatic N) is 1. The Bertz CT molecular complexity index is 655. The van der Waals surface area contributed by atoms with E-state index in [1.807, 2.05) is 36.5 Å². The Kier molecular flexibility index (Phi) is 2.87. The molecule has 0 aliphatic heterocycles. The van der Waals surface area contributed by atoms with E-state index in [1.165, 1.54) is 22.2 Å². The fourth-order valence-corrected chi connectivity index (χ4v) is 2.42. The summed E-state index contributed by atoms with van der Waals surface area (Å²) < 4.78 is 2.12. The standard InChI is InChI=1S/C16H15NO/c18-11-9-14-15(13-6-2-1-3-7-13)12-17-10-5-4-8-16(14)17/h1-8,10,12,18H,9,11H2. The predicted octanol–water partition coefficient (Wildman–Crippen LogP) is 3.14. The molecule has 90 valence electrons. The molecule has 0 aliphatic rings. The Labute approximate surface area is 106 Å². The highest BCUT2D eigenvalue weighted by atomic mass is 16.2. The van der Waals surface area contributed by atoms with Crippen LogP contribution in [0.3, 0.4) is 0 Å². The van der Waals surface area contributed by atoms with Crippen LogP contribution >= 0.6 is 0 Å². The summed E-state index contributed by atoms with van der Waals surface area (Å²) >= 11 is 0. The molecule has 0 saturated heterocycles. The minimum atomic E-state index is 0.175. The summed E-state index contributed by atoms with van der Waals surface area (Å²) in [5.74, 6) is 0. The Balaban J connectivity index is 2.25. The van der Waals surface area contributed by atoms with Crippen molar-refractivity contribution >= 4 is 5.52 Å². The summed E-state index contributed by atoms with van der Waals surface area (Å²) in [5.41, 5.74) is 4.79. The predicted molar refractivity (Wildman–Crippen MR) is 73.6 cm³/mol. The van der Waals surface area contributed by atoms with E-state index in [9.17, 15) is 5.11 Å². The SMILES string of the molecule is OCCc1c(-c2ccccc2)cn2ccccc12. The number of benzene rings is 1. The van der Waals surface area contributed by atoms with E-state index in [0.717, 1.165) is 0 Å². The van der Waals surface area contributed by atoms with Crippen LogP contribution in [-0.4, -0.2) is 16.1 Å². The molecule has 0 unspecified atom stereocenters. The molecule has 18 heavy (non-hydrogen) atoms. The second-order valence-corrected chi connectivity index (χ2v) is 4.35. The first-order valence-electron chi connectivity index (χ1n) is 6.15. The zero-order valence-electron chi connectivity index (χ0n) is 10.1. The zero-order valence-corrected chi connectivity index (χ0v) is 10.1. The Hall–Kier alpha value is -2.06. The molecule has 0 radical (unpaired) electrons. The third kappa shape index (κ3) is 1.81. The second kappa shape index (κ2) is 4.67. The van der Waals surface area contributed by atoms with Crippen LogP contribution < -0.4 is 0 Å². The first-order valence-corrected chi connectivity index (χ1v) is 6.15. The molecule has 0 saturated carbocycles. The van der Waals surface area contributed by atoms with Gasteiger partial charge in [0.05, 0.1) is 0 Å². The quantitative estimate of drug-likeness (QED) is 0.743. The van der Waals surface area contributed by atoms with Crippen LogP contribution in [0.4, 0.5) is 0 Å². The molecule has 3 aromatic rings. The molecule has 1 N–H and O–H groups in total. The van der Waals surface area contributed by atoms with E-state index >= 15 is 0 Å². The number of aromatic nitrogens is 1. The van der Waals surface area contributed by atoms with Gasteiger partial charge in [-0.15, -0.1) is 0 Å². The number of aliphatic hydroxyl groups is 1. The minimum Gasteiger partial charge on any atom is -0.396 e. The van der Waals surface area contributed by atoms with Gasteiger partial charge in [0.25, 0.3) is 0 Å². The van der Waals surface area contributed by atoms with Crippen LogP contribution in [0.2, 0.25) is 0 Å². The topological polar surface area (TPSA) is 24.6 Å². The van der Waals surface area contributed by atoms with Gasteiger partial charge in [0.15, 0.2) is 0 Å². The van der Waals surface area contributed by atoms with Crippen molar-refractivity contribution in [3.8, 4) is 11.1 Å². The lowest BCUT2D eigenvalue weighted by atomic mass is 10.0. The average molecular weight is 237 g/mol. The van der Waals surface area contributed by atoms with Crippen molar-refractivity contribution in [1.29, 1.82) is 0 Å². The first-order chi connectivity index (χ1) is 8.90. The summed E-state index contributed by atoms with van der Waals surface area (Å²) in [6.45, 7) is 0.175. The van der Waals surface area contributed by atoms with Gasteiger partial charge in [0.2, 0.25) is 0 Å². The molecule has 2 nitrogen and oxygen atoms in total. The molecule has 0 aliphatic carbocycles. The van der Waals surface area contributed by atoms with E-state index in [4.69, 9.17) is 0 Å². The van der Waals surface area contributed by atoms with Gasteiger partial charge in [-0.2, -0.15) is 0 Å². The molecule has 1 aromatic carbocycles. The van der Waals surface area contributed by atoms with Crippen molar-refractivity contribution in [3.63, 3.8) is 0 Å². The summed E-state index contributed by atoms with van der Waals surface area (Å²) in [7, 11) is 0. The highest BCUT2D eigenvalue weighted by Crippen LogP contribution is 2.28. The lowest BCUT2D eigenvalue weighted by molar-refractivity contribution is 0.300. The maximum absolute atomic E-state index is 9.26. The maximum atomic E-state index is 9.26. The minimum absolute atomic E-state index is 0.175. The van der Waals surface area contributed by atoms with Gasteiger partial charge in [0, 0.05) is 30.1 Å². The lowest BCUT2D eigenvalue weighted by Crippen LogP contribution is -1.92. The van der Waals surface area contributed by atoms with Gasteiger partial charge >= 0.3 is 0 Å². The van der Waals surface area contributed by atoms with Gasteiger partial charge in [0.1, 0.15) is 0 Å². The van der Waals surface area contributed by atoms with Gasteiger partial charge in [-0.05, 0) is 29.7 Å². The van der Waals surface area contributed by atoms with Gasteiger partial charge in [-0.3, -0.25) is 0 Å². The number of fused-ring (bicyclic) bond motifs is 1. The normalized spacial score (nSPS) is 10.9. The smallest absolute Gasteiger partial charge is 0.0489 e. The summed E-state index contributed by atoms with van der Waals surface area (Å²) in [6, 6.07) is 16.5. The molecule has 0 fully saturated rings. The number of aliphatic hydroxyl groups excluding tert-OH is 1. The summed E-state index contributed by atoms with van der Waals surface area (Å²) in [5, 5.41) is 9.26. The maximum Gasteiger partial charge on any atom is 0.0489 e.